The second kappa shape index (κ2) is 9.42. The van der Waals surface area contributed by atoms with E-state index < -0.39 is 5.91 Å². The van der Waals surface area contributed by atoms with Crippen LogP contribution < -0.4 is 10.5 Å². The van der Waals surface area contributed by atoms with Crippen molar-refractivity contribution in [2.45, 2.75) is 51.4 Å². The van der Waals surface area contributed by atoms with E-state index in [1.54, 1.807) is 6.07 Å². The molecule has 138 valence electrons. The maximum atomic E-state index is 11.4. The molecule has 1 aliphatic carbocycles. The summed E-state index contributed by atoms with van der Waals surface area (Å²) in [5.74, 6) is 1.42. The van der Waals surface area contributed by atoms with Gasteiger partial charge >= 0.3 is 0 Å². The second-order valence-electron chi connectivity index (χ2n) is 7.32. The molecule has 2 aromatic carbocycles. The summed E-state index contributed by atoms with van der Waals surface area (Å²) in [5, 5.41) is 0. The molecule has 0 heterocycles. The molecule has 3 rings (SSSR count). The molecule has 2 N–H and O–H groups in total. The van der Waals surface area contributed by atoms with Gasteiger partial charge in [-0.1, -0.05) is 62.8 Å². The van der Waals surface area contributed by atoms with E-state index in [4.69, 9.17) is 10.5 Å². The van der Waals surface area contributed by atoms with E-state index >= 15 is 0 Å². The number of nitrogens with two attached hydrogens (primary N) is 1. The lowest BCUT2D eigenvalue weighted by molar-refractivity contribution is 0.100. The van der Waals surface area contributed by atoms with Crippen molar-refractivity contribution in [3.05, 3.63) is 54.1 Å². The highest BCUT2D eigenvalue weighted by molar-refractivity contribution is 5.94. The summed E-state index contributed by atoms with van der Waals surface area (Å²) in [4.78, 5) is 11.4. The molecule has 26 heavy (non-hydrogen) atoms. The normalized spacial score (nSPS) is 14.9. The summed E-state index contributed by atoms with van der Waals surface area (Å²) in [6.45, 7) is 0.761. The van der Waals surface area contributed by atoms with Gasteiger partial charge in [0.2, 0.25) is 5.91 Å². The van der Waals surface area contributed by atoms with E-state index in [1.165, 1.54) is 44.9 Å². The summed E-state index contributed by atoms with van der Waals surface area (Å²) < 4.78 is 5.94. The van der Waals surface area contributed by atoms with Crippen LogP contribution >= 0.6 is 0 Å². The van der Waals surface area contributed by atoms with Gasteiger partial charge < -0.3 is 10.5 Å². The van der Waals surface area contributed by atoms with E-state index in [1.807, 2.05) is 42.5 Å². The monoisotopic (exact) mass is 351 g/mol. The van der Waals surface area contributed by atoms with Crippen molar-refractivity contribution in [1.29, 1.82) is 0 Å². The number of hydrogen-bond acceptors (Lipinski definition) is 2. The lowest BCUT2D eigenvalue weighted by Crippen LogP contribution is -2.10. The van der Waals surface area contributed by atoms with Gasteiger partial charge in [0.15, 0.2) is 0 Å². The number of unbranched alkanes of at least 4 members (excludes halogenated alkanes) is 1. The standard InChI is InChI=1S/C23H29NO2/c24-23(25)21-13-6-11-19(16-21)20-12-7-14-22(17-20)26-15-5-4-10-18-8-2-1-3-9-18/h6-7,11-14,16-18H,1-5,8-10,15H2,(H2,24,25). The van der Waals surface area contributed by atoms with Gasteiger partial charge in [0.25, 0.3) is 0 Å². The van der Waals surface area contributed by atoms with Gasteiger partial charge in [0.1, 0.15) is 5.75 Å². The van der Waals surface area contributed by atoms with Crippen molar-refractivity contribution < 1.29 is 9.53 Å². The molecular weight excluding hydrogens is 322 g/mol. The van der Waals surface area contributed by atoms with Crippen molar-refractivity contribution in [2.24, 2.45) is 11.7 Å². The number of amides is 1. The molecule has 1 fully saturated rings. The maximum Gasteiger partial charge on any atom is 0.248 e. The minimum absolute atomic E-state index is 0.405. The number of carbonyl (C=O) groups excluding carboxylic acids is 1. The molecule has 0 aliphatic heterocycles. The van der Waals surface area contributed by atoms with Crippen LogP contribution in [0.4, 0.5) is 0 Å². The van der Waals surface area contributed by atoms with Crippen LogP contribution in [0.15, 0.2) is 48.5 Å². The zero-order chi connectivity index (χ0) is 18.2. The van der Waals surface area contributed by atoms with Gasteiger partial charge in [0.05, 0.1) is 6.61 Å². The Morgan fingerprint density at radius 1 is 0.962 bits per heavy atom. The Morgan fingerprint density at radius 3 is 2.46 bits per heavy atom. The van der Waals surface area contributed by atoms with Crippen LogP contribution in [0.2, 0.25) is 0 Å². The summed E-state index contributed by atoms with van der Waals surface area (Å²) >= 11 is 0. The molecule has 0 bridgehead atoms. The summed E-state index contributed by atoms with van der Waals surface area (Å²) in [6, 6.07) is 15.4. The molecule has 1 saturated carbocycles. The van der Waals surface area contributed by atoms with Gasteiger partial charge in [-0.15, -0.1) is 0 Å². The number of ether oxygens (including phenoxy) is 1. The molecule has 2 aromatic rings. The number of benzene rings is 2. The fourth-order valence-corrected chi connectivity index (χ4v) is 3.82. The molecule has 0 unspecified atom stereocenters. The van der Waals surface area contributed by atoms with Gasteiger partial charge in [-0.2, -0.15) is 0 Å². The van der Waals surface area contributed by atoms with Crippen molar-refractivity contribution in [3.8, 4) is 16.9 Å². The van der Waals surface area contributed by atoms with Crippen LogP contribution in [0.3, 0.4) is 0 Å². The topological polar surface area (TPSA) is 52.3 Å². The van der Waals surface area contributed by atoms with Crippen LogP contribution in [-0.2, 0) is 0 Å². The minimum atomic E-state index is -0.405. The first-order chi connectivity index (χ1) is 12.7. The lowest BCUT2D eigenvalue weighted by atomic mass is 9.86. The number of primary amides is 1. The highest BCUT2D eigenvalue weighted by atomic mass is 16.5. The Labute approximate surface area is 156 Å². The molecule has 1 amide bonds. The first-order valence-corrected chi connectivity index (χ1v) is 9.85. The molecular formula is C23H29NO2. The predicted molar refractivity (Wildman–Crippen MR) is 106 cm³/mol. The summed E-state index contributed by atoms with van der Waals surface area (Å²) in [5.41, 5.74) is 7.91. The van der Waals surface area contributed by atoms with Gasteiger partial charge in [0, 0.05) is 5.56 Å². The SMILES string of the molecule is NC(=O)c1cccc(-c2cccc(OCCCCC3CCCCC3)c2)c1. The fourth-order valence-electron chi connectivity index (χ4n) is 3.82. The third-order valence-corrected chi connectivity index (χ3v) is 5.31. The van der Waals surface area contributed by atoms with E-state index in [0.717, 1.165) is 35.8 Å². The van der Waals surface area contributed by atoms with Crippen LogP contribution in [0.25, 0.3) is 11.1 Å². The number of hydrogen-bond donors (Lipinski definition) is 1. The predicted octanol–water partition coefficient (Wildman–Crippen LogP) is 5.58. The Kier molecular flexibility index (Phi) is 6.70. The number of carbonyl (C=O) groups is 1. The van der Waals surface area contributed by atoms with Crippen molar-refractivity contribution in [3.63, 3.8) is 0 Å². The molecule has 0 atom stereocenters. The molecule has 1 aliphatic rings. The highest BCUT2D eigenvalue weighted by Gasteiger charge is 2.12. The van der Waals surface area contributed by atoms with Crippen LogP contribution in [0, 0.1) is 5.92 Å². The van der Waals surface area contributed by atoms with Crippen molar-refractivity contribution in [1.82, 2.24) is 0 Å². The first-order valence-electron chi connectivity index (χ1n) is 9.85. The third-order valence-electron chi connectivity index (χ3n) is 5.31. The maximum absolute atomic E-state index is 11.4. The zero-order valence-electron chi connectivity index (χ0n) is 15.5. The Bertz CT molecular complexity index is 720. The average molecular weight is 351 g/mol. The molecule has 0 radical (unpaired) electrons. The molecule has 0 spiro atoms. The second-order valence-corrected chi connectivity index (χ2v) is 7.32. The van der Waals surface area contributed by atoms with Gasteiger partial charge in [-0.25, -0.2) is 0 Å². The average Bonchev–Trinajstić information content (AvgIpc) is 2.69. The van der Waals surface area contributed by atoms with Crippen molar-refractivity contribution >= 4 is 5.91 Å². The Balaban J connectivity index is 1.49. The zero-order valence-corrected chi connectivity index (χ0v) is 15.5. The Hall–Kier alpha value is -2.29. The van der Waals surface area contributed by atoms with E-state index in [-0.39, 0.29) is 0 Å². The van der Waals surface area contributed by atoms with E-state index in [2.05, 4.69) is 0 Å². The van der Waals surface area contributed by atoms with E-state index in [9.17, 15) is 4.79 Å². The molecule has 0 saturated heterocycles. The molecule has 3 heteroatoms. The third kappa shape index (κ3) is 5.35. The molecule has 3 nitrogen and oxygen atoms in total. The largest absolute Gasteiger partial charge is 0.494 e. The van der Waals surface area contributed by atoms with Crippen LogP contribution in [-0.4, -0.2) is 12.5 Å². The first kappa shape index (κ1) is 18.5. The quantitative estimate of drug-likeness (QED) is 0.631. The Morgan fingerprint density at radius 2 is 1.69 bits per heavy atom. The van der Waals surface area contributed by atoms with Gasteiger partial charge in [-0.3, -0.25) is 4.79 Å². The summed E-state index contributed by atoms with van der Waals surface area (Å²) in [7, 11) is 0. The lowest BCUT2D eigenvalue weighted by Gasteiger charge is -2.21. The minimum Gasteiger partial charge on any atom is -0.494 e. The number of rotatable bonds is 8. The smallest absolute Gasteiger partial charge is 0.248 e. The van der Waals surface area contributed by atoms with E-state index in [0.29, 0.717) is 5.56 Å². The molecule has 0 aromatic heterocycles. The van der Waals surface area contributed by atoms with Crippen LogP contribution in [0.1, 0.15) is 61.7 Å². The van der Waals surface area contributed by atoms with Gasteiger partial charge in [-0.05, 0) is 54.2 Å². The fraction of sp³-hybridized carbons (Fsp3) is 0.435. The van der Waals surface area contributed by atoms with Crippen LogP contribution in [0.5, 0.6) is 5.75 Å². The van der Waals surface area contributed by atoms with Crippen molar-refractivity contribution in [2.75, 3.05) is 6.61 Å². The summed E-state index contributed by atoms with van der Waals surface area (Å²) in [6.07, 6.45) is 10.8. The highest BCUT2D eigenvalue weighted by Crippen LogP contribution is 2.28.